The highest BCUT2D eigenvalue weighted by molar-refractivity contribution is 9.10. The van der Waals surface area contributed by atoms with Gasteiger partial charge in [-0.05, 0) is 11.6 Å². The van der Waals surface area contributed by atoms with Gasteiger partial charge < -0.3 is 5.73 Å². The molecule has 0 bridgehead atoms. The molecule has 0 spiro atoms. The summed E-state index contributed by atoms with van der Waals surface area (Å²) >= 11 is 3.59. The second-order valence-electron chi connectivity index (χ2n) is 4.72. The zero-order valence-electron chi connectivity index (χ0n) is 10.8. The van der Waals surface area contributed by atoms with E-state index in [1.807, 2.05) is 36.4 Å². The van der Waals surface area contributed by atoms with Crippen molar-refractivity contribution in [2.45, 2.75) is 12.3 Å². The Balaban J connectivity index is 2.08. The van der Waals surface area contributed by atoms with Gasteiger partial charge in [-0.1, -0.05) is 64.5 Å². The molecule has 0 radical (unpaired) electrons. The van der Waals surface area contributed by atoms with Crippen molar-refractivity contribution < 1.29 is 0 Å². The zero-order chi connectivity index (χ0) is 13.9. The first-order chi connectivity index (χ1) is 9.75. The Morgan fingerprint density at radius 2 is 1.65 bits per heavy atom. The lowest BCUT2D eigenvalue weighted by Gasteiger charge is -2.22. The summed E-state index contributed by atoms with van der Waals surface area (Å²) in [4.78, 5) is 0. The third kappa shape index (κ3) is 2.51. The summed E-state index contributed by atoms with van der Waals surface area (Å²) in [6.45, 7) is 0. The summed E-state index contributed by atoms with van der Waals surface area (Å²) in [6.07, 6.45) is 0.699. The van der Waals surface area contributed by atoms with Gasteiger partial charge in [0.05, 0.1) is 5.71 Å². The quantitative estimate of drug-likeness (QED) is 0.898. The minimum absolute atomic E-state index is 0.146. The van der Waals surface area contributed by atoms with Gasteiger partial charge in [-0.2, -0.15) is 5.10 Å². The molecule has 0 amide bonds. The molecule has 2 aromatic carbocycles. The third-order valence-corrected chi connectivity index (χ3v) is 4.07. The van der Waals surface area contributed by atoms with Crippen LogP contribution in [0.2, 0.25) is 0 Å². The number of halogens is 1. The number of benzene rings is 2. The highest BCUT2D eigenvalue weighted by Gasteiger charge is 2.25. The zero-order valence-corrected chi connectivity index (χ0v) is 12.4. The van der Waals surface area contributed by atoms with Crippen LogP contribution in [0.15, 0.2) is 69.3 Å². The van der Waals surface area contributed by atoms with Crippen LogP contribution in [0.25, 0.3) is 0 Å². The molecule has 4 heteroatoms. The number of hydrogen-bond acceptors (Lipinski definition) is 3. The van der Waals surface area contributed by atoms with Crippen molar-refractivity contribution in [1.29, 1.82) is 0 Å². The normalized spacial score (nSPS) is 18.4. The molecule has 3 nitrogen and oxygen atoms in total. The molecule has 3 rings (SSSR count). The summed E-state index contributed by atoms with van der Waals surface area (Å²) < 4.78 is 1.02. The van der Waals surface area contributed by atoms with Crippen LogP contribution in [-0.4, -0.2) is 11.5 Å². The predicted molar refractivity (Wildman–Crippen MR) is 86.1 cm³/mol. The Bertz CT molecular complexity index is 677. The minimum atomic E-state index is 0.146. The Kier molecular flexibility index (Phi) is 3.65. The highest BCUT2D eigenvalue weighted by atomic mass is 79.9. The lowest BCUT2D eigenvalue weighted by molar-refractivity contribution is 0.886. The molecule has 0 aliphatic carbocycles. The van der Waals surface area contributed by atoms with E-state index in [0.717, 1.165) is 15.7 Å². The number of amidine groups is 1. The summed E-state index contributed by atoms with van der Waals surface area (Å²) in [5.74, 6) is 0.724. The first-order valence-electron chi connectivity index (χ1n) is 6.45. The van der Waals surface area contributed by atoms with Crippen LogP contribution < -0.4 is 5.73 Å². The van der Waals surface area contributed by atoms with Gasteiger partial charge in [0, 0.05) is 22.4 Å². The second kappa shape index (κ2) is 5.59. The second-order valence-corrected chi connectivity index (χ2v) is 5.58. The fourth-order valence-corrected chi connectivity index (χ4v) is 2.89. The lowest BCUT2D eigenvalue weighted by atomic mass is 9.86. The summed E-state index contributed by atoms with van der Waals surface area (Å²) in [6, 6.07) is 18.4. The molecule has 100 valence electrons. The van der Waals surface area contributed by atoms with Crippen molar-refractivity contribution in [3.05, 3.63) is 70.2 Å². The maximum atomic E-state index is 5.87. The van der Waals surface area contributed by atoms with E-state index in [4.69, 9.17) is 5.73 Å². The Labute approximate surface area is 126 Å². The first-order valence-corrected chi connectivity index (χ1v) is 7.25. The Morgan fingerprint density at radius 3 is 2.40 bits per heavy atom. The van der Waals surface area contributed by atoms with Crippen molar-refractivity contribution >= 4 is 27.5 Å². The van der Waals surface area contributed by atoms with E-state index in [1.165, 1.54) is 5.56 Å². The monoisotopic (exact) mass is 327 g/mol. The molecule has 1 aliphatic heterocycles. The van der Waals surface area contributed by atoms with E-state index >= 15 is 0 Å². The van der Waals surface area contributed by atoms with Gasteiger partial charge >= 0.3 is 0 Å². The first kappa shape index (κ1) is 13.1. The molecule has 1 aliphatic rings. The smallest absolute Gasteiger partial charge is 0.123 e. The third-order valence-electron chi connectivity index (χ3n) is 3.38. The summed E-state index contributed by atoms with van der Waals surface area (Å²) in [5.41, 5.74) is 9.10. The van der Waals surface area contributed by atoms with Crippen LogP contribution in [0, 0.1) is 0 Å². The summed E-state index contributed by atoms with van der Waals surface area (Å²) in [5, 5.41) is 8.42. The van der Waals surface area contributed by atoms with Gasteiger partial charge in [0.1, 0.15) is 5.84 Å². The van der Waals surface area contributed by atoms with Crippen molar-refractivity contribution in [2.24, 2.45) is 15.9 Å². The van der Waals surface area contributed by atoms with Gasteiger partial charge in [0.25, 0.3) is 0 Å². The largest absolute Gasteiger partial charge is 0.386 e. The van der Waals surface area contributed by atoms with E-state index < -0.39 is 0 Å². The van der Waals surface area contributed by atoms with Crippen molar-refractivity contribution in [2.75, 3.05) is 0 Å². The van der Waals surface area contributed by atoms with Gasteiger partial charge in [-0.25, -0.2) is 0 Å². The summed E-state index contributed by atoms with van der Waals surface area (Å²) in [7, 11) is 0. The lowest BCUT2D eigenvalue weighted by Crippen LogP contribution is -2.26. The van der Waals surface area contributed by atoms with Crippen molar-refractivity contribution in [3.8, 4) is 0 Å². The SMILES string of the molecule is NC1=NN=C(c2ccccc2Br)C(c2ccccc2)C1. The van der Waals surface area contributed by atoms with E-state index in [-0.39, 0.29) is 5.92 Å². The Hall–Kier alpha value is -1.94. The molecule has 0 fully saturated rings. The molecular weight excluding hydrogens is 314 g/mol. The fourth-order valence-electron chi connectivity index (χ4n) is 2.41. The molecule has 1 heterocycles. The molecule has 2 N–H and O–H groups in total. The standard InChI is InChI=1S/C16H14BrN3/c17-14-9-5-4-8-12(14)16-13(10-15(18)19-20-16)11-6-2-1-3-7-11/h1-9,13H,10H2,(H2,18,19). The Morgan fingerprint density at radius 1 is 0.950 bits per heavy atom. The molecule has 1 unspecified atom stereocenters. The fraction of sp³-hybridized carbons (Fsp3) is 0.125. The van der Waals surface area contributed by atoms with E-state index in [0.29, 0.717) is 12.3 Å². The van der Waals surface area contributed by atoms with Gasteiger partial charge in [-0.15, -0.1) is 5.10 Å². The number of rotatable bonds is 2. The number of nitrogens with zero attached hydrogens (tertiary/aromatic N) is 2. The molecular formula is C16H14BrN3. The predicted octanol–water partition coefficient (Wildman–Crippen LogP) is 3.70. The van der Waals surface area contributed by atoms with Gasteiger partial charge in [0.15, 0.2) is 0 Å². The van der Waals surface area contributed by atoms with Crippen LogP contribution >= 0.6 is 15.9 Å². The van der Waals surface area contributed by atoms with Crippen LogP contribution in [0.1, 0.15) is 23.5 Å². The molecule has 0 saturated heterocycles. The van der Waals surface area contributed by atoms with Crippen LogP contribution in [0.4, 0.5) is 0 Å². The van der Waals surface area contributed by atoms with Crippen LogP contribution in [-0.2, 0) is 0 Å². The van der Waals surface area contributed by atoms with Crippen molar-refractivity contribution in [3.63, 3.8) is 0 Å². The van der Waals surface area contributed by atoms with Crippen LogP contribution in [0.5, 0.6) is 0 Å². The van der Waals surface area contributed by atoms with E-state index in [1.54, 1.807) is 0 Å². The maximum Gasteiger partial charge on any atom is 0.123 e. The molecule has 1 atom stereocenters. The maximum absolute atomic E-state index is 5.87. The van der Waals surface area contributed by atoms with Crippen LogP contribution in [0.3, 0.4) is 0 Å². The molecule has 0 aromatic heterocycles. The molecule has 20 heavy (non-hydrogen) atoms. The van der Waals surface area contributed by atoms with E-state index in [2.05, 4.69) is 44.3 Å². The molecule has 2 aromatic rings. The van der Waals surface area contributed by atoms with Gasteiger partial charge in [0.2, 0.25) is 0 Å². The molecule has 0 saturated carbocycles. The highest BCUT2D eigenvalue weighted by Crippen LogP contribution is 2.30. The topological polar surface area (TPSA) is 50.7 Å². The average Bonchev–Trinajstić information content (AvgIpc) is 2.49. The van der Waals surface area contributed by atoms with Crippen molar-refractivity contribution in [1.82, 2.24) is 0 Å². The van der Waals surface area contributed by atoms with E-state index in [9.17, 15) is 0 Å². The van der Waals surface area contributed by atoms with Gasteiger partial charge in [-0.3, -0.25) is 0 Å². The minimum Gasteiger partial charge on any atom is -0.386 e. The average molecular weight is 328 g/mol. The number of hydrogen-bond donors (Lipinski definition) is 1. The number of nitrogens with two attached hydrogens (primary N) is 1.